The quantitative estimate of drug-likeness (QED) is 0.867. The van der Waals surface area contributed by atoms with Crippen molar-refractivity contribution in [1.29, 1.82) is 0 Å². The van der Waals surface area contributed by atoms with Crippen LogP contribution in [0.25, 0.3) is 0 Å². The predicted molar refractivity (Wildman–Crippen MR) is 100 cm³/mol. The summed E-state index contributed by atoms with van der Waals surface area (Å²) in [6.45, 7) is 6.42. The highest BCUT2D eigenvalue weighted by atomic mass is 15.2. The molecule has 132 valence electrons. The van der Waals surface area contributed by atoms with E-state index in [0.29, 0.717) is 0 Å². The first-order valence-electron chi connectivity index (χ1n) is 10.1. The topological polar surface area (TPSA) is 18.5 Å². The van der Waals surface area contributed by atoms with Crippen LogP contribution in [0.5, 0.6) is 0 Å². The first-order chi connectivity index (χ1) is 11.9. The Kier molecular flexibility index (Phi) is 5.51. The highest BCUT2D eigenvalue weighted by Gasteiger charge is 2.32. The van der Waals surface area contributed by atoms with Gasteiger partial charge in [-0.1, -0.05) is 30.3 Å². The van der Waals surface area contributed by atoms with Gasteiger partial charge < -0.3 is 15.1 Å². The number of hydrogen-bond acceptors (Lipinski definition) is 3. The summed E-state index contributed by atoms with van der Waals surface area (Å²) in [6, 6.07) is 13.4. The lowest BCUT2D eigenvalue weighted by molar-refractivity contribution is 0.156. The third-order valence-electron chi connectivity index (χ3n) is 6.21. The Balaban J connectivity index is 1.13. The van der Waals surface area contributed by atoms with Gasteiger partial charge in [-0.3, -0.25) is 0 Å². The molecule has 1 aromatic rings. The zero-order valence-electron chi connectivity index (χ0n) is 15.0. The molecule has 4 rings (SSSR count). The van der Waals surface area contributed by atoms with E-state index in [1.165, 1.54) is 83.2 Å². The zero-order valence-corrected chi connectivity index (χ0v) is 15.0. The molecule has 3 fully saturated rings. The van der Waals surface area contributed by atoms with E-state index in [0.717, 1.165) is 18.1 Å². The molecule has 0 spiro atoms. The number of likely N-dealkylation sites (tertiary alicyclic amines) is 2. The van der Waals surface area contributed by atoms with Crippen LogP contribution in [0.3, 0.4) is 0 Å². The van der Waals surface area contributed by atoms with Gasteiger partial charge in [0, 0.05) is 24.7 Å². The van der Waals surface area contributed by atoms with E-state index in [1.54, 1.807) is 0 Å². The molecular formula is C21H33N3. The predicted octanol–water partition coefficient (Wildman–Crippen LogP) is 2.91. The maximum Gasteiger partial charge on any atom is 0.00964 e. The van der Waals surface area contributed by atoms with Gasteiger partial charge in [0.2, 0.25) is 0 Å². The second-order valence-corrected chi connectivity index (χ2v) is 8.06. The van der Waals surface area contributed by atoms with Crippen molar-refractivity contribution >= 4 is 0 Å². The minimum atomic E-state index is 0.760. The highest BCUT2D eigenvalue weighted by molar-refractivity contribution is 5.14. The van der Waals surface area contributed by atoms with Crippen molar-refractivity contribution in [3.05, 3.63) is 35.9 Å². The van der Waals surface area contributed by atoms with Gasteiger partial charge in [0.05, 0.1) is 0 Å². The fourth-order valence-corrected chi connectivity index (χ4v) is 4.46. The van der Waals surface area contributed by atoms with Crippen LogP contribution in [-0.4, -0.2) is 60.6 Å². The molecule has 3 heteroatoms. The van der Waals surface area contributed by atoms with Crippen LogP contribution in [0.2, 0.25) is 0 Å². The summed E-state index contributed by atoms with van der Waals surface area (Å²) in [6.07, 6.45) is 9.50. The van der Waals surface area contributed by atoms with Gasteiger partial charge in [-0.05, 0) is 76.7 Å². The molecule has 1 N–H and O–H groups in total. The minimum absolute atomic E-state index is 0.760. The smallest absolute Gasteiger partial charge is 0.00964 e. The lowest BCUT2D eigenvalue weighted by Gasteiger charge is -2.38. The molecule has 2 heterocycles. The van der Waals surface area contributed by atoms with Crippen LogP contribution < -0.4 is 5.32 Å². The Hall–Kier alpha value is -0.900. The van der Waals surface area contributed by atoms with E-state index in [9.17, 15) is 0 Å². The number of hydrogen-bond donors (Lipinski definition) is 1. The van der Waals surface area contributed by atoms with Crippen LogP contribution in [0.4, 0.5) is 0 Å². The molecule has 0 bridgehead atoms. The zero-order chi connectivity index (χ0) is 16.2. The molecule has 0 aromatic heterocycles. The van der Waals surface area contributed by atoms with E-state index in [-0.39, 0.29) is 0 Å². The monoisotopic (exact) mass is 327 g/mol. The molecule has 0 amide bonds. The van der Waals surface area contributed by atoms with Crippen molar-refractivity contribution in [3.8, 4) is 0 Å². The second-order valence-electron chi connectivity index (χ2n) is 8.06. The van der Waals surface area contributed by atoms with Gasteiger partial charge in [-0.25, -0.2) is 0 Å². The second kappa shape index (κ2) is 7.99. The van der Waals surface area contributed by atoms with E-state index in [4.69, 9.17) is 0 Å². The normalized spacial score (nSPS) is 25.2. The van der Waals surface area contributed by atoms with Crippen molar-refractivity contribution in [2.24, 2.45) is 0 Å². The first kappa shape index (κ1) is 16.6. The maximum atomic E-state index is 3.98. The summed E-state index contributed by atoms with van der Waals surface area (Å²) < 4.78 is 0. The lowest BCUT2D eigenvalue weighted by Crippen LogP contribution is -2.50. The summed E-state index contributed by atoms with van der Waals surface area (Å²) >= 11 is 0. The fourth-order valence-electron chi connectivity index (χ4n) is 4.46. The van der Waals surface area contributed by atoms with Crippen LogP contribution in [0.15, 0.2) is 30.3 Å². The summed E-state index contributed by atoms with van der Waals surface area (Å²) in [5.74, 6) is 0. The van der Waals surface area contributed by atoms with Crippen LogP contribution in [-0.2, 0) is 6.42 Å². The van der Waals surface area contributed by atoms with Gasteiger partial charge >= 0.3 is 0 Å². The average molecular weight is 328 g/mol. The number of nitrogens with zero attached hydrogens (tertiary/aromatic N) is 2. The summed E-state index contributed by atoms with van der Waals surface area (Å²) in [7, 11) is 0. The molecular weight excluding hydrogens is 294 g/mol. The largest absolute Gasteiger partial charge is 0.311 e. The standard InChI is InChI=1S/C21H33N3/c1-2-4-18(5-3-1)8-13-23-14-9-19(10-15-23)22-20-11-16-24(17-12-20)21-6-7-21/h1-5,19-22H,6-17H2. The molecule has 3 aliphatic rings. The third kappa shape index (κ3) is 4.59. The summed E-state index contributed by atoms with van der Waals surface area (Å²) in [5, 5.41) is 3.98. The number of nitrogens with one attached hydrogen (secondary N) is 1. The molecule has 1 aromatic carbocycles. The molecule has 2 aliphatic heterocycles. The third-order valence-corrected chi connectivity index (χ3v) is 6.21. The van der Waals surface area contributed by atoms with Crippen molar-refractivity contribution in [2.45, 2.75) is 63.1 Å². The molecule has 2 saturated heterocycles. The van der Waals surface area contributed by atoms with Crippen molar-refractivity contribution < 1.29 is 0 Å². The number of piperidine rings is 2. The lowest BCUT2D eigenvalue weighted by atomic mass is 9.99. The Morgan fingerprint density at radius 3 is 2.04 bits per heavy atom. The minimum Gasteiger partial charge on any atom is -0.311 e. The Bertz CT molecular complexity index is 483. The van der Waals surface area contributed by atoms with Crippen LogP contribution in [0.1, 0.15) is 44.1 Å². The SMILES string of the molecule is c1ccc(CCN2CCC(NC3CCN(C4CC4)CC3)CC2)cc1. The molecule has 1 aliphatic carbocycles. The van der Waals surface area contributed by atoms with E-state index in [2.05, 4.69) is 45.4 Å². The molecule has 0 radical (unpaired) electrons. The number of rotatable bonds is 6. The molecule has 0 atom stereocenters. The Morgan fingerprint density at radius 2 is 1.42 bits per heavy atom. The maximum absolute atomic E-state index is 3.98. The summed E-state index contributed by atoms with van der Waals surface area (Å²) in [4.78, 5) is 5.38. The van der Waals surface area contributed by atoms with Gasteiger partial charge in [-0.15, -0.1) is 0 Å². The molecule has 0 unspecified atom stereocenters. The molecule has 1 saturated carbocycles. The van der Waals surface area contributed by atoms with Gasteiger partial charge in [-0.2, -0.15) is 0 Å². The Morgan fingerprint density at radius 1 is 0.792 bits per heavy atom. The number of benzene rings is 1. The molecule has 24 heavy (non-hydrogen) atoms. The van der Waals surface area contributed by atoms with E-state index >= 15 is 0 Å². The van der Waals surface area contributed by atoms with Crippen molar-refractivity contribution in [2.75, 3.05) is 32.7 Å². The van der Waals surface area contributed by atoms with E-state index < -0.39 is 0 Å². The summed E-state index contributed by atoms with van der Waals surface area (Å²) in [5.41, 5.74) is 1.47. The Labute approximate surface area is 147 Å². The van der Waals surface area contributed by atoms with Gasteiger partial charge in [0.25, 0.3) is 0 Å². The average Bonchev–Trinajstić information content (AvgIpc) is 3.48. The first-order valence-corrected chi connectivity index (χ1v) is 10.1. The van der Waals surface area contributed by atoms with Crippen molar-refractivity contribution in [1.82, 2.24) is 15.1 Å². The highest BCUT2D eigenvalue weighted by Crippen LogP contribution is 2.29. The van der Waals surface area contributed by atoms with Crippen molar-refractivity contribution in [3.63, 3.8) is 0 Å². The van der Waals surface area contributed by atoms with E-state index in [1.807, 2.05) is 0 Å². The van der Waals surface area contributed by atoms with Gasteiger partial charge in [0.15, 0.2) is 0 Å². The fraction of sp³-hybridized carbons (Fsp3) is 0.714. The van der Waals surface area contributed by atoms with Crippen LogP contribution >= 0.6 is 0 Å². The van der Waals surface area contributed by atoms with Crippen LogP contribution in [0, 0.1) is 0 Å². The van der Waals surface area contributed by atoms with Gasteiger partial charge in [0.1, 0.15) is 0 Å². The molecule has 3 nitrogen and oxygen atoms in total.